The number of nitrogens with zero attached hydrogens (tertiary/aromatic N) is 1. The van der Waals surface area contributed by atoms with Gasteiger partial charge in [-0.15, -0.1) is 0 Å². The van der Waals surface area contributed by atoms with Crippen LogP contribution in [0.4, 0.5) is 0 Å². The van der Waals surface area contributed by atoms with E-state index in [-0.39, 0.29) is 23.5 Å². The molecule has 2 amide bonds. The summed E-state index contributed by atoms with van der Waals surface area (Å²) < 4.78 is 0. The van der Waals surface area contributed by atoms with Gasteiger partial charge in [-0.2, -0.15) is 0 Å². The third kappa shape index (κ3) is 2.10. The molecule has 90 valence electrons. The van der Waals surface area contributed by atoms with E-state index in [1.165, 1.54) is 6.92 Å². The highest BCUT2D eigenvalue weighted by atomic mass is 16.2. The lowest BCUT2D eigenvalue weighted by Crippen LogP contribution is -2.55. The summed E-state index contributed by atoms with van der Waals surface area (Å²) in [4.78, 5) is 25.0. The van der Waals surface area contributed by atoms with E-state index < -0.39 is 0 Å². The van der Waals surface area contributed by atoms with Crippen LogP contribution < -0.4 is 5.32 Å². The molecule has 0 aliphatic carbocycles. The molecule has 0 bridgehead atoms. The Bertz CT molecular complexity index is 364. The molecule has 1 rings (SSSR count). The zero-order chi connectivity index (χ0) is 12.7. The first-order chi connectivity index (χ1) is 7.16. The van der Waals surface area contributed by atoms with Crippen molar-refractivity contribution in [2.75, 3.05) is 0 Å². The van der Waals surface area contributed by atoms with E-state index in [4.69, 9.17) is 0 Å². The van der Waals surface area contributed by atoms with Crippen LogP contribution in [0.5, 0.6) is 0 Å². The van der Waals surface area contributed by atoms with Crippen LogP contribution in [0, 0.1) is 0 Å². The summed E-state index contributed by atoms with van der Waals surface area (Å²) in [5.74, 6) is -0.121. The van der Waals surface area contributed by atoms with Crippen LogP contribution in [0.1, 0.15) is 41.5 Å². The highest BCUT2D eigenvalue weighted by molar-refractivity contribution is 5.98. The van der Waals surface area contributed by atoms with Gasteiger partial charge in [0.15, 0.2) is 0 Å². The minimum Gasteiger partial charge on any atom is -0.332 e. The quantitative estimate of drug-likeness (QED) is 0.732. The largest absolute Gasteiger partial charge is 0.332 e. The van der Waals surface area contributed by atoms with Crippen LogP contribution in [-0.2, 0) is 9.59 Å². The number of hydrogen-bond donors (Lipinski definition) is 1. The van der Waals surface area contributed by atoms with Crippen LogP contribution in [0.2, 0.25) is 0 Å². The van der Waals surface area contributed by atoms with Crippen LogP contribution in [0.3, 0.4) is 0 Å². The predicted molar refractivity (Wildman–Crippen MR) is 62.6 cm³/mol. The Morgan fingerprint density at radius 3 is 2.19 bits per heavy atom. The molecule has 1 aliphatic rings. The number of amides is 2. The van der Waals surface area contributed by atoms with Gasteiger partial charge in [-0.25, -0.2) is 0 Å². The van der Waals surface area contributed by atoms with Crippen molar-refractivity contribution >= 4 is 11.8 Å². The summed E-state index contributed by atoms with van der Waals surface area (Å²) >= 11 is 0. The predicted octanol–water partition coefficient (Wildman–Crippen LogP) is 1.43. The van der Waals surface area contributed by atoms with Gasteiger partial charge in [0.2, 0.25) is 5.91 Å². The van der Waals surface area contributed by atoms with Crippen molar-refractivity contribution in [2.45, 2.75) is 53.2 Å². The maximum Gasteiger partial charge on any atom is 0.251 e. The Morgan fingerprint density at radius 1 is 1.31 bits per heavy atom. The van der Waals surface area contributed by atoms with Crippen LogP contribution in [0.15, 0.2) is 11.1 Å². The first kappa shape index (κ1) is 12.7. The zero-order valence-corrected chi connectivity index (χ0v) is 10.8. The van der Waals surface area contributed by atoms with Crippen molar-refractivity contribution < 1.29 is 9.59 Å². The van der Waals surface area contributed by atoms with E-state index in [1.54, 1.807) is 11.8 Å². The highest BCUT2D eigenvalue weighted by Gasteiger charge is 2.41. The van der Waals surface area contributed by atoms with E-state index in [1.807, 2.05) is 27.7 Å². The lowest BCUT2D eigenvalue weighted by Gasteiger charge is -2.38. The van der Waals surface area contributed by atoms with E-state index in [2.05, 4.69) is 5.32 Å². The van der Waals surface area contributed by atoms with Crippen molar-refractivity contribution in [3.05, 3.63) is 11.1 Å². The lowest BCUT2D eigenvalue weighted by molar-refractivity contribution is -0.133. The molecule has 16 heavy (non-hydrogen) atoms. The second kappa shape index (κ2) is 3.92. The molecule has 0 aromatic rings. The molecule has 0 aromatic carbocycles. The van der Waals surface area contributed by atoms with Crippen molar-refractivity contribution in [1.29, 1.82) is 0 Å². The number of carbonyl (C=O) groups excluding carboxylic acids is 2. The topological polar surface area (TPSA) is 49.4 Å². The first-order valence-corrected chi connectivity index (χ1v) is 5.44. The summed E-state index contributed by atoms with van der Waals surface area (Å²) in [7, 11) is 0. The van der Waals surface area contributed by atoms with Gasteiger partial charge in [0, 0.05) is 18.0 Å². The lowest BCUT2D eigenvalue weighted by atomic mass is 10.1. The zero-order valence-electron chi connectivity index (χ0n) is 10.8. The monoisotopic (exact) mass is 224 g/mol. The van der Waals surface area contributed by atoms with E-state index in [0.717, 1.165) is 11.1 Å². The summed E-state index contributed by atoms with van der Waals surface area (Å²) in [5, 5.41) is 2.82. The minimum absolute atomic E-state index is 0.00347. The fraction of sp³-hybridized carbons (Fsp3) is 0.667. The van der Waals surface area contributed by atoms with Crippen LogP contribution in [0.25, 0.3) is 0 Å². The summed E-state index contributed by atoms with van der Waals surface area (Å²) in [6, 6.07) is 0. The summed E-state index contributed by atoms with van der Waals surface area (Å²) in [6.07, 6.45) is -0.301. The van der Waals surface area contributed by atoms with Crippen molar-refractivity contribution in [2.24, 2.45) is 0 Å². The molecular formula is C12H20N2O2. The molecule has 1 atom stereocenters. The van der Waals surface area contributed by atoms with Gasteiger partial charge in [-0.3, -0.25) is 9.59 Å². The second-order valence-electron chi connectivity index (χ2n) is 5.26. The summed E-state index contributed by atoms with van der Waals surface area (Å²) in [6.45, 7) is 11.0. The molecule has 0 saturated carbocycles. The Hall–Kier alpha value is -1.32. The van der Waals surface area contributed by atoms with Crippen molar-refractivity contribution in [3.63, 3.8) is 0 Å². The average Bonchev–Trinajstić information content (AvgIpc) is 2.29. The van der Waals surface area contributed by atoms with E-state index >= 15 is 0 Å². The smallest absolute Gasteiger partial charge is 0.251 e. The van der Waals surface area contributed by atoms with Crippen LogP contribution in [-0.4, -0.2) is 28.4 Å². The Morgan fingerprint density at radius 2 is 1.81 bits per heavy atom. The molecule has 1 N–H and O–H groups in total. The molecule has 4 heteroatoms. The molecule has 4 nitrogen and oxygen atoms in total. The highest BCUT2D eigenvalue weighted by Crippen LogP contribution is 2.30. The number of rotatable bonds is 1. The number of carbonyl (C=O) groups is 2. The maximum atomic E-state index is 12.1. The molecule has 0 fully saturated rings. The van der Waals surface area contributed by atoms with Gasteiger partial charge in [0.25, 0.3) is 5.91 Å². The van der Waals surface area contributed by atoms with Gasteiger partial charge < -0.3 is 10.2 Å². The van der Waals surface area contributed by atoms with Gasteiger partial charge in [0.1, 0.15) is 6.17 Å². The molecule has 1 aliphatic heterocycles. The third-order valence-corrected chi connectivity index (χ3v) is 2.86. The fourth-order valence-electron chi connectivity index (χ4n) is 1.92. The standard InChI is InChI=1S/C12H20N2O2/c1-7-8(2)11(16)14(12(4,5)6)10(7)13-9(3)15/h10H,1-6H3,(H,13,15)/t10-/m0/s1. The molecule has 0 unspecified atom stereocenters. The van der Waals surface area contributed by atoms with Gasteiger partial charge >= 0.3 is 0 Å². The molecule has 0 aromatic heterocycles. The number of nitrogens with one attached hydrogen (secondary N) is 1. The maximum absolute atomic E-state index is 12.1. The molecule has 0 radical (unpaired) electrons. The average molecular weight is 224 g/mol. The fourth-order valence-corrected chi connectivity index (χ4v) is 1.92. The van der Waals surface area contributed by atoms with Gasteiger partial charge in [0.05, 0.1) is 0 Å². The third-order valence-electron chi connectivity index (χ3n) is 2.86. The molecular weight excluding hydrogens is 204 g/mol. The SMILES string of the molecule is CC(=O)N[C@@H]1C(C)=C(C)C(=O)N1C(C)(C)C. The minimum atomic E-state index is -0.302. The van der Waals surface area contributed by atoms with Gasteiger partial charge in [-0.1, -0.05) is 0 Å². The second-order valence-corrected chi connectivity index (χ2v) is 5.26. The Labute approximate surface area is 96.7 Å². The number of hydrogen-bond acceptors (Lipinski definition) is 2. The van der Waals surface area contributed by atoms with Gasteiger partial charge in [-0.05, 0) is 40.2 Å². The normalized spacial score (nSPS) is 21.8. The van der Waals surface area contributed by atoms with Crippen molar-refractivity contribution in [3.8, 4) is 0 Å². The van der Waals surface area contributed by atoms with E-state index in [9.17, 15) is 9.59 Å². The molecule has 0 spiro atoms. The first-order valence-electron chi connectivity index (χ1n) is 5.44. The Kier molecular flexibility index (Phi) is 3.13. The van der Waals surface area contributed by atoms with Crippen LogP contribution >= 0.6 is 0 Å². The van der Waals surface area contributed by atoms with Crippen molar-refractivity contribution in [1.82, 2.24) is 10.2 Å². The molecule has 1 heterocycles. The van der Waals surface area contributed by atoms with E-state index in [0.29, 0.717) is 0 Å². The molecule has 0 saturated heterocycles. The Balaban J connectivity index is 3.10. The summed E-state index contributed by atoms with van der Waals surface area (Å²) in [5.41, 5.74) is 1.35.